The Bertz CT molecular complexity index is 378. The third-order valence-corrected chi connectivity index (χ3v) is 3.29. The molecule has 1 aromatic rings. The van der Waals surface area contributed by atoms with Gasteiger partial charge in [-0.2, -0.15) is 0 Å². The van der Waals surface area contributed by atoms with Gasteiger partial charge in [0.05, 0.1) is 12.6 Å². The third-order valence-electron chi connectivity index (χ3n) is 3.10. The summed E-state index contributed by atoms with van der Waals surface area (Å²) in [6, 6.07) is 1.78. The van der Waals surface area contributed by atoms with E-state index in [1.165, 1.54) is 6.42 Å². The van der Waals surface area contributed by atoms with E-state index in [1.54, 1.807) is 6.07 Å². The Labute approximate surface area is 113 Å². The third kappa shape index (κ3) is 3.90. The van der Waals surface area contributed by atoms with Crippen LogP contribution in [0, 0.1) is 6.92 Å². The zero-order valence-corrected chi connectivity index (χ0v) is 11.8. The zero-order chi connectivity index (χ0) is 13.0. The first-order valence-corrected chi connectivity index (χ1v) is 6.89. The second-order valence-corrected chi connectivity index (χ2v) is 5.09. The minimum absolute atomic E-state index is 0.351. The average Bonchev–Trinajstić information content (AvgIpc) is 2.28. The van der Waals surface area contributed by atoms with Crippen molar-refractivity contribution in [2.24, 2.45) is 0 Å². The SMILES string of the molecule is CCOC1CCCN(Cc2nc(C)cc(Cl)n2)C1. The van der Waals surface area contributed by atoms with E-state index in [0.29, 0.717) is 11.3 Å². The van der Waals surface area contributed by atoms with Crippen LogP contribution < -0.4 is 0 Å². The molecule has 4 nitrogen and oxygen atoms in total. The lowest BCUT2D eigenvalue weighted by molar-refractivity contribution is 0.00296. The van der Waals surface area contributed by atoms with Crippen LogP contribution in [-0.2, 0) is 11.3 Å². The molecule has 0 spiro atoms. The van der Waals surface area contributed by atoms with Crippen molar-refractivity contribution in [3.05, 3.63) is 22.7 Å². The monoisotopic (exact) mass is 269 g/mol. The summed E-state index contributed by atoms with van der Waals surface area (Å²) in [7, 11) is 0. The van der Waals surface area contributed by atoms with Crippen LogP contribution >= 0.6 is 11.6 Å². The molecule has 18 heavy (non-hydrogen) atoms. The van der Waals surface area contributed by atoms with Crippen molar-refractivity contribution in [1.29, 1.82) is 0 Å². The molecule has 1 aromatic heterocycles. The Kier molecular flexibility index (Phi) is 4.92. The second-order valence-electron chi connectivity index (χ2n) is 4.70. The minimum atomic E-state index is 0.351. The van der Waals surface area contributed by atoms with E-state index in [4.69, 9.17) is 16.3 Å². The maximum atomic E-state index is 5.95. The molecule has 0 amide bonds. The number of hydrogen-bond acceptors (Lipinski definition) is 4. The summed E-state index contributed by atoms with van der Waals surface area (Å²) in [4.78, 5) is 11.0. The lowest BCUT2D eigenvalue weighted by atomic mass is 10.1. The van der Waals surface area contributed by atoms with Gasteiger partial charge < -0.3 is 4.74 Å². The highest BCUT2D eigenvalue weighted by molar-refractivity contribution is 6.29. The van der Waals surface area contributed by atoms with Crippen molar-refractivity contribution >= 4 is 11.6 Å². The first-order chi connectivity index (χ1) is 8.67. The van der Waals surface area contributed by atoms with Crippen molar-refractivity contribution in [1.82, 2.24) is 14.9 Å². The van der Waals surface area contributed by atoms with Crippen LogP contribution in [0.3, 0.4) is 0 Å². The summed E-state index contributed by atoms with van der Waals surface area (Å²) in [5.74, 6) is 0.803. The van der Waals surface area contributed by atoms with Gasteiger partial charge in [0.25, 0.3) is 0 Å². The number of hydrogen-bond donors (Lipinski definition) is 0. The van der Waals surface area contributed by atoms with Gasteiger partial charge in [-0.05, 0) is 39.3 Å². The Balaban J connectivity index is 1.95. The van der Waals surface area contributed by atoms with E-state index in [2.05, 4.69) is 14.9 Å². The molecule has 2 heterocycles. The van der Waals surface area contributed by atoms with Gasteiger partial charge in [0.1, 0.15) is 11.0 Å². The molecule has 1 aliphatic rings. The molecule has 0 bridgehead atoms. The van der Waals surface area contributed by atoms with Gasteiger partial charge in [-0.1, -0.05) is 11.6 Å². The number of ether oxygens (including phenoxy) is 1. The zero-order valence-electron chi connectivity index (χ0n) is 11.0. The average molecular weight is 270 g/mol. The van der Waals surface area contributed by atoms with Gasteiger partial charge in [0.2, 0.25) is 0 Å². The topological polar surface area (TPSA) is 38.2 Å². The molecule has 1 aliphatic heterocycles. The fourth-order valence-corrected chi connectivity index (χ4v) is 2.64. The van der Waals surface area contributed by atoms with Gasteiger partial charge in [0.15, 0.2) is 0 Å². The van der Waals surface area contributed by atoms with Crippen molar-refractivity contribution < 1.29 is 4.74 Å². The van der Waals surface area contributed by atoms with Crippen LogP contribution in [0.4, 0.5) is 0 Å². The molecule has 1 fully saturated rings. The molecule has 0 aromatic carbocycles. The van der Waals surface area contributed by atoms with Crippen molar-refractivity contribution in [2.45, 2.75) is 39.3 Å². The first-order valence-electron chi connectivity index (χ1n) is 6.51. The van der Waals surface area contributed by atoms with Gasteiger partial charge in [0, 0.05) is 18.8 Å². The summed E-state index contributed by atoms with van der Waals surface area (Å²) in [5, 5.41) is 0.524. The Morgan fingerprint density at radius 1 is 1.50 bits per heavy atom. The molecule has 2 rings (SSSR count). The van der Waals surface area contributed by atoms with Crippen molar-refractivity contribution in [3.63, 3.8) is 0 Å². The first kappa shape index (κ1) is 13.7. The van der Waals surface area contributed by atoms with E-state index in [9.17, 15) is 0 Å². The predicted molar refractivity (Wildman–Crippen MR) is 71.7 cm³/mol. The molecule has 0 aliphatic carbocycles. The summed E-state index contributed by atoms with van der Waals surface area (Å²) in [5.41, 5.74) is 0.920. The summed E-state index contributed by atoms with van der Waals surface area (Å²) >= 11 is 5.95. The standard InChI is InChI=1S/C13H20ClN3O/c1-3-18-11-5-4-6-17(8-11)9-13-15-10(2)7-12(14)16-13/h7,11H,3-6,8-9H2,1-2H3. The number of piperidine rings is 1. The van der Waals surface area contributed by atoms with E-state index >= 15 is 0 Å². The largest absolute Gasteiger partial charge is 0.377 e. The quantitative estimate of drug-likeness (QED) is 0.787. The van der Waals surface area contributed by atoms with Crippen molar-refractivity contribution in [3.8, 4) is 0 Å². The number of likely N-dealkylation sites (tertiary alicyclic amines) is 1. The van der Waals surface area contributed by atoms with E-state index in [-0.39, 0.29) is 0 Å². The number of nitrogens with zero attached hydrogens (tertiary/aromatic N) is 3. The molecule has 5 heteroatoms. The fourth-order valence-electron chi connectivity index (χ4n) is 2.39. The molecule has 1 saturated heterocycles. The minimum Gasteiger partial charge on any atom is -0.377 e. The van der Waals surface area contributed by atoms with Gasteiger partial charge in [-0.15, -0.1) is 0 Å². The van der Waals surface area contributed by atoms with Crippen LogP contribution in [0.25, 0.3) is 0 Å². The van der Waals surface area contributed by atoms with E-state index in [0.717, 1.165) is 44.2 Å². The van der Waals surface area contributed by atoms with Gasteiger partial charge in [-0.3, -0.25) is 4.90 Å². The lowest BCUT2D eigenvalue weighted by Gasteiger charge is -2.31. The number of aryl methyl sites for hydroxylation is 1. The Morgan fingerprint density at radius 3 is 3.06 bits per heavy atom. The van der Waals surface area contributed by atoms with Crippen molar-refractivity contribution in [2.75, 3.05) is 19.7 Å². The molecule has 0 N–H and O–H groups in total. The highest BCUT2D eigenvalue weighted by Crippen LogP contribution is 2.15. The number of aromatic nitrogens is 2. The molecule has 1 unspecified atom stereocenters. The van der Waals surface area contributed by atoms with Crippen LogP contribution in [0.5, 0.6) is 0 Å². The van der Waals surface area contributed by atoms with Gasteiger partial charge in [-0.25, -0.2) is 9.97 Å². The fraction of sp³-hybridized carbons (Fsp3) is 0.692. The predicted octanol–water partition coefficient (Wildman–Crippen LogP) is 2.44. The number of rotatable bonds is 4. The van der Waals surface area contributed by atoms with Crippen LogP contribution in [0.2, 0.25) is 5.15 Å². The maximum Gasteiger partial charge on any atom is 0.144 e. The highest BCUT2D eigenvalue weighted by atomic mass is 35.5. The van der Waals surface area contributed by atoms with Crippen LogP contribution in [-0.4, -0.2) is 40.7 Å². The highest BCUT2D eigenvalue weighted by Gasteiger charge is 2.20. The van der Waals surface area contributed by atoms with E-state index < -0.39 is 0 Å². The molecule has 0 radical (unpaired) electrons. The van der Waals surface area contributed by atoms with Gasteiger partial charge >= 0.3 is 0 Å². The summed E-state index contributed by atoms with van der Waals surface area (Å²) in [6.07, 6.45) is 2.67. The molecular weight excluding hydrogens is 250 g/mol. The van der Waals surface area contributed by atoms with E-state index in [1.807, 2.05) is 13.8 Å². The molecule has 1 atom stereocenters. The summed E-state index contributed by atoms with van der Waals surface area (Å²) < 4.78 is 5.69. The number of halogens is 1. The normalized spacial score (nSPS) is 21.2. The molecular formula is C13H20ClN3O. The lowest BCUT2D eigenvalue weighted by Crippen LogP contribution is -2.39. The molecule has 0 saturated carbocycles. The summed E-state index contributed by atoms with van der Waals surface area (Å²) in [6.45, 7) is 7.57. The Morgan fingerprint density at radius 2 is 2.33 bits per heavy atom. The smallest absolute Gasteiger partial charge is 0.144 e. The molecule has 100 valence electrons. The van der Waals surface area contributed by atoms with Crippen LogP contribution in [0.1, 0.15) is 31.3 Å². The van der Waals surface area contributed by atoms with Crippen LogP contribution in [0.15, 0.2) is 6.07 Å². The second kappa shape index (κ2) is 6.45. The Hall–Kier alpha value is -0.710. The maximum absolute atomic E-state index is 5.95.